The number of carbonyl (C=O) groups is 1. The third kappa shape index (κ3) is 7.62. The zero-order chi connectivity index (χ0) is 12.6. The number of hydrogen-bond donors (Lipinski definition) is 2. The first-order valence-corrected chi connectivity index (χ1v) is 5.68. The van der Waals surface area contributed by atoms with Crippen molar-refractivity contribution in [3.8, 4) is 0 Å². The number of aliphatic carboxylic acids is 1. The standard InChI is InChI=1S/C11H24N2O3/c1-10(11(15)16)9-13(7-8-14)6-4-5-12(2)3/h10,14H,4-9H2,1-3H3,(H,15,16). The number of hydrogen-bond acceptors (Lipinski definition) is 4. The summed E-state index contributed by atoms with van der Waals surface area (Å²) in [6.45, 7) is 4.63. The van der Waals surface area contributed by atoms with Crippen molar-refractivity contribution in [2.24, 2.45) is 5.92 Å². The smallest absolute Gasteiger partial charge is 0.307 e. The van der Waals surface area contributed by atoms with Crippen LogP contribution in [0.2, 0.25) is 0 Å². The molecule has 0 amide bonds. The maximum absolute atomic E-state index is 10.7. The zero-order valence-electron chi connectivity index (χ0n) is 10.5. The first kappa shape index (κ1) is 15.3. The lowest BCUT2D eigenvalue weighted by molar-refractivity contribution is -0.141. The SMILES string of the molecule is CC(CN(CCO)CCCN(C)C)C(=O)O. The molecule has 0 aromatic carbocycles. The van der Waals surface area contributed by atoms with Gasteiger partial charge < -0.3 is 20.0 Å². The van der Waals surface area contributed by atoms with E-state index >= 15 is 0 Å². The molecular formula is C11H24N2O3. The van der Waals surface area contributed by atoms with Crippen LogP contribution in [0, 0.1) is 5.92 Å². The Morgan fingerprint density at radius 2 is 1.88 bits per heavy atom. The molecule has 0 fully saturated rings. The monoisotopic (exact) mass is 232 g/mol. The van der Waals surface area contributed by atoms with Crippen molar-refractivity contribution in [3.63, 3.8) is 0 Å². The lowest BCUT2D eigenvalue weighted by atomic mass is 10.1. The van der Waals surface area contributed by atoms with Crippen molar-refractivity contribution < 1.29 is 15.0 Å². The van der Waals surface area contributed by atoms with E-state index in [4.69, 9.17) is 10.2 Å². The van der Waals surface area contributed by atoms with Crippen molar-refractivity contribution in [1.29, 1.82) is 0 Å². The van der Waals surface area contributed by atoms with Crippen LogP contribution in [0.1, 0.15) is 13.3 Å². The molecule has 0 aromatic heterocycles. The maximum atomic E-state index is 10.7. The second-order valence-corrected chi connectivity index (χ2v) is 4.42. The zero-order valence-corrected chi connectivity index (χ0v) is 10.5. The summed E-state index contributed by atoms with van der Waals surface area (Å²) in [4.78, 5) is 14.8. The molecule has 0 aliphatic rings. The van der Waals surface area contributed by atoms with Crippen LogP contribution in [0.25, 0.3) is 0 Å². The largest absolute Gasteiger partial charge is 0.481 e. The molecule has 1 atom stereocenters. The summed E-state index contributed by atoms with van der Waals surface area (Å²) in [5.74, 6) is -1.17. The fraction of sp³-hybridized carbons (Fsp3) is 0.909. The molecule has 0 spiro atoms. The first-order valence-electron chi connectivity index (χ1n) is 5.68. The summed E-state index contributed by atoms with van der Waals surface area (Å²) in [5.41, 5.74) is 0. The third-order valence-corrected chi connectivity index (χ3v) is 2.45. The van der Waals surface area contributed by atoms with E-state index in [0.717, 1.165) is 19.5 Å². The van der Waals surface area contributed by atoms with Crippen LogP contribution >= 0.6 is 0 Å². The molecule has 0 saturated carbocycles. The molecule has 0 aliphatic heterocycles. The highest BCUT2D eigenvalue weighted by molar-refractivity contribution is 5.69. The average molecular weight is 232 g/mol. The molecular weight excluding hydrogens is 208 g/mol. The Kier molecular flexibility index (Phi) is 8.15. The second-order valence-electron chi connectivity index (χ2n) is 4.42. The van der Waals surface area contributed by atoms with Crippen LogP contribution in [0.4, 0.5) is 0 Å². The first-order chi connectivity index (χ1) is 7.47. The predicted octanol–water partition coefficient (Wildman–Crippen LogP) is -0.0469. The van der Waals surface area contributed by atoms with E-state index in [9.17, 15) is 4.79 Å². The summed E-state index contributed by atoms with van der Waals surface area (Å²) in [5, 5.41) is 17.7. The Labute approximate surface area is 97.7 Å². The Morgan fingerprint density at radius 1 is 1.25 bits per heavy atom. The number of aliphatic hydroxyl groups is 1. The van der Waals surface area contributed by atoms with Crippen molar-refractivity contribution in [3.05, 3.63) is 0 Å². The highest BCUT2D eigenvalue weighted by atomic mass is 16.4. The fourth-order valence-corrected chi connectivity index (χ4v) is 1.51. The van der Waals surface area contributed by atoms with Crippen molar-refractivity contribution >= 4 is 5.97 Å². The average Bonchev–Trinajstić information content (AvgIpc) is 2.17. The van der Waals surface area contributed by atoms with Crippen molar-refractivity contribution in [1.82, 2.24) is 9.80 Å². The molecule has 96 valence electrons. The van der Waals surface area contributed by atoms with Crippen LogP contribution in [-0.2, 0) is 4.79 Å². The van der Waals surface area contributed by atoms with Crippen LogP contribution in [0.5, 0.6) is 0 Å². The highest BCUT2D eigenvalue weighted by Gasteiger charge is 2.15. The van der Waals surface area contributed by atoms with Gasteiger partial charge in [-0.15, -0.1) is 0 Å². The number of carboxylic acid groups (broad SMARTS) is 1. The van der Waals surface area contributed by atoms with E-state index in [0.29, 0.717) is 13.1 Å². The van der Waals surface area contributed by atoms with E-state index in [1.165, 1.54) is 0 Å². The third-order valence-electron chi connectivity index (χ3n) is 2.45. The lowest BCUT2D eigenvalue weighted by Crippen LogP contribution is -2.35. The van der Waals surface area contributed by atoms with E-state index in [-0.39, 0.29) is 12.5 Å². The molecule has 0 bridgehead atoms. The molecule has 0 radical (unpaired) electrons. The van der Waals surface area contributed by atoms with Gasteiger partial charge in [-0.25, -0.2) is 0 Å². The number of aliphatic hydroxyl groups excluding tert-OH is 1. The number of carboxylic acids is 1. The van der Waals surface area contributed by atoms with Gasteiger partial charge in [0.05, 0.1) is 12.5 Å². The highest BCUT2D eigenvalue weighted by Crippen LogP contribution is 2.01. The molecule has 5 heteroatoms. The van der Waals surface area contributed by atoms with Crippen molar-refractivity contribution in [2.75, 3.05) is 46.9 Å². The van der Waals surface area contributed by atoms with Gasteiger partial charge >= 0.3 is 5.97 Å². The fourth-order valence-electron chi connectivity index (χ4n) is 1.51. The van der Waals surface area contributed by atoms with Gasteiger partial charge in [-0.1, -0.05) is 6.92 Å². The van der Waals surface area contributed by atoms with Crippen LogP contribution in [0.15, 0.2) is 0 Å². The van der Waals surface area contributed by atoms with Crippen molar-refractivity contribution in [2.45, 2.75) is 13.3 Å². The Hall–Kier alpha value is -0.650. The summed E-state index contributed by atoms with van der Waals surface area (Å²) >= 11 is 0. The second kappa shape index (κ2) is 8.50. The number of rotatable bonds is 9. The minimum absolute atomic E-state index is 0.0777. The van der Waals surface area contributed by atoms with Gasteiger partial charge in [-0.3, -0.25) is 4.79 Å². The van der Waals surface area contributed by atoms with Gasteiger partial charge in [-0.2, -0.15) is 0 Å². The van der Waals surface area contributed by atoms with E-state index in [2.05, 4.69) is 4.90 Å². The topological polar surface area (TPSA) is 64.0 Å². The Balaban J connectivity index is 3.91. The molecule has 0 rings (SSSR count). The minimum atomic E-state index is -0.782. The van der Waals surface area contributed by atoms with Gasteiger partial charge in [0.1, 0.15) is 0 Å². The van der Waals surface area contributed by atoms with Gasteiger partial charge in [-0.05, 0) is 33.6 Å². The molecule has 0 aliphatic carbocycles. The maximum Gasteiger partial charge on any atom is 0.307 e. The predicted molar refractivity (Wildman–Crippen MR) is 63.5 cm³/mol. The van der Waals surface area contributed by atoms with Crippen LogP contribution in [0.3, 0.4) is 0 Å². The van der Waals surface area contributed by atoms with E-state index < -0.39 is 5.97 Å². The van der Waals surface area contributed by atoms with E-state index in [1.807, 2.05) is 19.0 Å². The Morgan fingerprint density at radius 3 is 2.31 bits per heavy atom. The normalized spacial score (nSPS) is 13.4. The van der Waals surface area contributed by atoms with Gasteiger partial charge in [0.25, 0.3) is 0 Å². The molecule has 16 heavy (non-hydrogen) atoms. The number of nitrogens with zero attached hydrogens (tertiary/aromatic N) is 2. The molecule has 2 N–H and O–H groups in total. The summed E-state index contributed by atoms with van der Waals surface area (Å²) in [7, 11) is 4.02. The van der Waals surface area contributed by atoms with Gasteiger partial charge in [0.15, 0.2) is 0 Å². The summed E-state index contributed by atoms with van der Waals surface area (Å²) in [6.07, 6.45) is 0.985. The summed E-state index contributed by atoms with van der Waals surface area (Å²) < 4.78 is 0. The molecule has 0 saturated heterocycles. The van der Waals surface area contributed by atoms with Gasteiger partial charge in [0, 0.05) is 13.1 Å². The Bertz CT molecular complexity index is 198. The molecule has 5 nitrogen and oxygen atoms in total. The molecule has 1 unspecified atom stereocenters. The molecule has 0 aromatic rings. The van der Waals surface area contributed by atoms with Crippen LogP contribution < -0.4 is 0 Å². The summed E-state index contributed by atoms with van der Waals surface area (Å²) in [6, 6.07) is 0. The molecule has 0 heterocycles. The minimum Gasteiger partial charge on any atom is -0.481 e. The quantitative estimate of drug-likeness (QED) is 0.584. The van der Waals surface area contributed by atoms with Crippen LogP contribution in [-0.4, -0.2) is 72.9 Å². The van der Waals surface area contributed by atoms with Gasteiger partial charge in [0.2, 0.25) is 0 Å². The van der Waals surface area contributed by atoms with E-state index in [1.54, 1.807) is 6.92 Å². The lowest BCUT2D eigenvalue weighted by Gasteiger charge is -2.23.